The van der Waals surface area contributed by atoms with Gasteiger partial charge in [0.15, 0.2) is 0 Å². The zero-order valence-electron chi connectivity index (χ0n) is 16.1. The predicted molar refractivity (Wildman–Crippen MR) is 98.4 cm³/mol. The van der Waals surface area contributed by atoms with Crippen molar-refractivity contribution in [3.63, 3.8) is 0 Å². The Hall–Kier alpha value is -0.0400. The van der Waals surface area contributed by atoms with E-state index < -0.39 is 0 Å². The van der Waals surface area contributed by atoms with Crippen LogP contribution in [0.25, 0.3) is 0 Å². The summed E-state index contributed by atoms with van der Waals surface area (Å²) in [6, 6.07) is 0. The fraction of sp³-hybridized carbons (Fsp3) is 1.00. The van der Waals surface area contributed by atoms with Crippen molar-refractivity contribution in [1.82, 2.24) is 0 Å². The summed E-state index contributed by atoms with van der Waals surface area (Å²) in [4.78, 5) is 0. The van der Waals surface area contributed by atoms with Crippen LogP contribution in [0.15, 0.2) is 0 Å². The first-order chi connectivity index (χ1) is 11.0. The second-order valence-corrected chi connectivity index (χ2v) is 9.76. The van der Waals surface area contributed by atoms with E-state index in [1.165, 1.54) is 51.4 Å². The fourth-order valence-corrected chi connectivity index (χ4v) is 5.80. The SMILES string of the molecule is CC(C)C1CCC1CC(C)C1CCCC(CC(C)C2COC2)C1. The number of hydrogen-bond donors (Lipinski definition) is 0. The fourth-order valence-electron chi connectivity index (χ4n) is 5.80. The molecule has 3 rings (SSSR count). The Balaban J connectivity index is 1.43. The molecule has 2 aliphatic carbocycles. The highest BCUT2D eigenvalue weighted by Crippen LogP contribution is 2.46. The molecule has 0 aromatic heterocycles. The number of hydrogen-bond acceptors (Lipinski definition) is 1. The average molecular weight is 321 g/mol. The molecule has 1 heterocycles. The lowest BCUT2D eigenvalue weighted by Gasteiger charge is -2.43. The molecule has 0 N–H and O–H groups in total. The molecule has 3 aliphatic rings. The maximum absolute atomic E-state index is 5.40. The second-order valence-electron chi connectivity index (χ2n) is 9.76. The van der Waals surface area contributed by atoms with Gasteiger partial charge in [-0.2, -0.15) is 0 Å². The van der Waals surface area contributed by atoms with Crippen LogP contribution in [0, 0.1) is 47.3 Å². The van der Waals surface area contributed by atoms with Crippen LogP contribution in [-0.2, 0) is 4.74 Å². The smallest absolute Gasteiger partial charge is 0.0519 e. The zero-order chi connectivity index (χ0) is 16.4. The van der Waals surface area contributed by atoms with Crippen molar-refractivity contribution < 1.29 is 4.74 Å². The van der Waals surface area contributed by atoms with Crippen molar-refractivity contribution in [3.8, 4) is 0 Å². The molecule has 1 saturated heterocycles. The van der Waals surface area contributed by atoms with Crippen LogP contribution in [0.1, 0.15) is 79.1 Å². The molecule has 6 unspecified atom stereocenters. The summed E-state index contributed by atoms with van der Waals surface area (Å²) >= 11 is 0. The molecule has 1 heteroatoms. The minimum Gasteiger partial charge on any atom is -0.381 e. The van der Waals surface area contributed by atoms with E-state index in [2.05, 4.69) is 27.7 Å². The van der Waals surface area contributed by atoms with Gasteiger partial charge < -0.3 is 4.74 Å². The normalized spacial score (nSPS) is 38.0. The molecule has 2 saturated carbocycles. The lowest BCUT2D eigenvalue weighted by Crippen LogP contribution is -2.35. The summed E-state index contributed by atoms with van der Waals surface area (Å²) in [6.07, 6.45) is 12.0. The second kappa shape index (κ2) is 7.89. The van der Waals surface area contributed by atoms with E-state index in [0.717, 1.165) is 60.6 Å². The van der Waals surface area contributed by atoms with Crippen LogP contribution in [0.3, 0.4) is 0 Å². The molecule has 0 spiro atoms. The molecule has 23 heavy (non-hydrogen) atoms. The molecule has 0 bridgehead atoms. The van der Waals surface area contributed by atoms with Crippen LogP contribution >= 0.6 is 0 Å². The minimum atomic E-state index is 0.870. The van der Waals surface area contributed by atoms with Gasteiger partial charge >= 0.3 is 0 Å². The third kappa shape index (κ3) is 4.33. The molecular weight excluding hydrogens is 280 g/mol. The summed E-state index contributed by atoms with van der Waals surface area (Å²) in [6.45, 7) is 12.0. The summed E-state index contributed by atoms with van der Waals surface area (Å²) in [5.74, 6) is 7.75. The lowest BCUT2D eigenvalue weighted by atomic mass is 9.62. The van der Waals surface area contributed by atoms with Gasteiger partial charge in [0.05, 0.1) is 13.2 Å². The Kier molecular flexibility index (Phi) is 6.10. The largest absolute Gasteiger partial charge is 0.381 e. The van der Waals surface area contributed by atoms with E-state index in [0.29, 0.717) is 0 Å². The van der Waals surface area contributed by atoms with Crippen LogP contribution in [0.5, 0.6) is 0 Å². The summed E-state index contributed by atoms with van der Waals surface area (Å²) < 4.78 is 5.40. The van der Waals surface area contributed by atoms with Crippen LogP contribution < -0.4 is 0 Å². The van der Waals surface area contributed by atoms with Gasteiger partial charge in [0.25, 0.3) is 0 Å². The van der Waals surface area contributed by atoms with Crippen LogP contribution in [0.4, 0.5) is 0 Å². The molecule has 1 nitrogen and oxygen atoms in total. The summed E-state index contributed by atoms with van der Waals surface area (Å²) in [5, 5.41) is 0. The lowest BCUT2D eigenvalue weighted by molar-refractivity contribution is -0.0628. The summed E-state index contributed by atoms with van der Waals surface area (Å²) in [5.41, 5.74) is 0. The van der Waals surface area contributed by atoms with Crippen molar-refractivity contribution in [2.24, 2.45) is 47.3 Å². The Morgan fingerprint density at radius 3 is 2.13 bits per heavy atom. The van der Waals surface area contributed by atoms with Gasteiger partial charge in [0.2, 0.25) is 0 Å². The first kappa shape index (κ1) is 17.8. The monoisotopic (exact) mass is 320 g/mol. The van der Waals surface area contributed by atoms with Crippen LogP contribution in [-0.4, -0.2) is 13.2 Å². The van der Waals surface area contributed by atoms with E-state index in [4.69, 9.17) is 4.74 Å². The summed E-state index contributed by atoms with van der Waals surface area (Å²) in [7, 11) is 0. The van der Waals surface area contributed by atoms with E-state index in [-0.39, 0.29) is 0 Å². The first-order valence-electron chi connectivity index (χ1n) is 10.6. The van der Waals surface area contributed by atoms with Gasteiger partial charge in [-0.05, 0) is 73.5 Å². The molecule has 0 aromatic rings. The maximum Gasteiger partial charge on any atom is 0.0519 e. The Morgan fingerprint density at radius 2 is 1.57 bits per heavy atom. The molecule has 0 radical (unpaired) electrons. The highest BCUT2D eigenvalue weighted by molar-refractivity contribution is 4.87. The first-order valence-corrected chi connectivity index (χ1v) is 10.6. The molecule has 0 aromatic carbocycles. The zero-order valence-corrected chi connectivity index (χ0v) is 16.1. The van der Waals surface area contributed by atoms with E-state index in [1.54, 1.807) is 0 Å². The Morgan fingerprint density at radius 1 is 0.826 bits per heavy atom. The van der Waals surface area contributed by atoms with Crippen molar-refractivity contribution in [1.29, 1.82) is 0 Å². The molecule has 3 fully saturated rings. The van der Waals surface area contributed by atoms with Crippen molar-refractivity contribution in [3.05, 3.63) is 0 Å². The standard InChI is InChI=1S/C22H40O/c1-15(2)22-9-8-20(22)11-17(4)19-7-5-6-18(12-19)10-16(3)21-13-23-14-21/h15-22H,5-14H2,1-4H3. The van der Waals surface area contributed by atoms with Crippen molar-refractivity contribution >= 4 is 0 Å². The van der Waals surface area contributed by atoms with Gasteiger partial charge in [0.1, 0.15) is 0 Å². The third-order valence-electron chi connectivity index (χ3n) is 7.81. The van der Waals surface area contributed by atoms with Gasteiger partial charge in [-0.1, -0.05) is 47.0 Å². The van der Waals surface area contributed by atoms with Crippen molar-refractivity contribution in [2.45, 2.75) is 79.1 Å². The van der Waals surface area contributed by atoms with E-state index >= 15 is 0 Å². The Labute approximate surface area is 144 Å². The highest BCUT2D eigenvalue weighted by atomic mass is 16.5. The molecule has 0 amide bonds. The maximum atomic E-state index is 5.40. The van der Waals surface area contributed by atoms with Crippen molar-refractivity contribution in [2.75, 3.05) is 13.2 Å². The molecule has 6 atom stereocenters. The quantitative estimate of drug-likeness (QED) is 0.544. The van der Waals surface area contributed by atoms with Gasteiger partial charge in [-0.15, -0.1) is 0 Å². The third-order valence-corrected chi connectivity index (χ3v) is 7.81. The van der Waals surface area contributed by atoms with E-state index in [1.807, 2.05) is 0 Å². The average Bonchev–Trinajstić information content (AvgIpc) is 2.40. The predicted octanol–water partition coefficient (Wildman–Crippen LogP) is 6.17. The highest BCUT2D eigenvalue weighted by Gasteiger charge is 2.36. The Bertz CT molecular complexity index is 359. The minimum absolute atomic E-state index is 0.870. The van der Waals surface area contributed by atoms with E-state index in [9.17, 15) is 0 Å². The van der Waals surface area contributed by atoms with Gasteiger partial charge in [0, 0.05) is 5.92 Å². The van der Waals surface area contributed by atoms with Gasteiger partial charge in [-0.3, -0.25) is 0 Å². The number of rotatable bonds is 7. The van der Waals surface area contributed by atoms with Crippen LogP contribution in [0.2, 0.25) is 0 Å². The number of ether oxygens (including phenoxy) is 1. The topological polar surface area (TPSA) is 9.23 Å². The molecule has 1 aliphatic heterocycles. The molecular formula is C22H40O. The van der Waals surface area contributed by atoms with Gasteiger partial charge in [-0.25, -0.2) is 0 Å². The molecule has 134 valence electrons.